The van der Waals surface area contributed by atoms with E-state index in [1.807, 2.05) is 42.5 Å². The van der Waals surface area contributed by atoms with Crippen molar-refractivity contribution in [2.45, 2.75) is 6.54 Å². The van der Waals surface area contributed by atoms with Crippen LogP contribution in [0.3, 0.4) is 0 Å². The predicted octanol–water partition coefficient (Wildman–Crippen LogP) is 6.43. The van der Waals surface area contributed by atoms with Gasteiger partial charge in [0, 0.05) is 0 Å². The topological polar surface area (TPSA) is 63.7 Å². The Morgan fingerprint density at radius 3 is 2.34 bits per heavy atom. The van der Waals surface area contributed by atoms with Crippen LogP contribution in [0.2, 0.25) is 0 Å². The molecule has 35 heavy (non-hydrogen) atoms. The fourth-order valence-electron chi connectivity index (χ4n) is 3.69. The Kier molecular flexibility index (Phi) is 6.16. The third-order valence-electron chi connectivity index (χ3n) is 5.50. The van der Waals surface area contributed by atoms with Crippen LogP contribution in [0, 0.1) is 5.82 Å². The number of carbonyl (C=O) groups is 3. The standard InChI is InChI=1S/C28H18FNO4S/c29-23-11-9-21(10-12-23)27(32)34-24-13-6-18(7-14-24)16-25-26(31)30(28(33)35-25)17-19-5-8-20-3-1-2-4-22(20)15-19/h1-16H,17H2/b25-16-. The number of nitrogens with zero attached hydrogens (tertiary/aromatic N) is 1. The molecule has 1 aliphatic rings. The Morgan fingerprint density at radius 2 is 1.60 bits per heavy atom. The third kappa shape index (κ3) is 5.00. The molecule has 0 unspecified atom stereocenters. The number of fused-ring (bicyclic) bond motifs is 1. The first kappa shape index (κ1) is 22.6. The van der Waals surface area contributed by atoms with Gasteiger partial charge in [-0.2, -0.15) is 0 Å². The second-order valence-corrected chi connectivity index (χ2v) is 8.91. The van der Waals surface area contributed by atoms with Crippen molar-refractivity contribution in [1.29, 1.82) is 0 Å². The molecule has 0 radical (unpaired) electrons. The van der Waals surface area contributed by atoms with Crippen LogP contribution in [0.15, 0.2) is 95.9 Å². The lowest BCUT2D eigenvalue weighted by atomic mass is 10.1. The molecule has 1 heterocycles. The van der Waals surface area contributed by atoms with E-state index in [0.29, 0.717) is 16.2 Å². The second-order valence-electron chi connectivity index (χ2n) is 7.91. The van der Waals surface area contributed by atoms with Crippen molar-refractivity contribution in [2.75, 3.05) is 0 Å². The maximum absolute atomic E-state index is 13.0. The molecule has 1 aliphatic heterocycles. The molecule has 0 aromatic heterocycles. The highest BCUT2D eigenvalue weighted by Gasteiger charge is 2.35. The maximum Gasteiger partial charge on any atom is 0.343 e. The lowest BCUT2D eigenvalue weighted by molar-refractivity contribution is -0.123. The van der Waals surface area contributed by atoms with Crippen molar-refractivity contribution < 1.29 is 23.5 Å². The minimum Gasteiger partial charge on any atom is -0.423 e. The van der Waals surface area contributed by atoms with Crippen LogP contribution in [0.5, 0.6) is 5.75 Å². The van der Waals surface area contributed by atoms with Gasteiger partial charge in [0.25, 0.3) is 11.1 Å². The van der Waals surface area contributed by atoms with E-state index in [-0.39, 0.29) is 23.3 Å². The monoisotopic (exact) mass is 483 g/mol. The molecule has 0 aliphatic carbocycles. The number of benzene rings is 4. The quantitative estimate of drug-likeness (QED) is 0.186. The first-order valence-electron chi connectivity index (χ1n) is 10.8. The summed E-state index contributed by atoms with van der Waals surface area (Å²) in [5, 5.41) is 1.82. The lowest BCUT2D eigenvalue weighted by Crippen LogP contribution is -2.27. The smallest absolute Gasteiger partial charge is 0.343 e. The van der Waals surface area contributed by atoms with Gasteiger partial charge < -0.3 is 4.74 Å². The minimum absolute atomic E-state index is 0.200. The number of amides is 2. The Labute approximate surface area is 204 Å². The number of esters is 1. The van der Waals surface area contributed by atoms with Gasteiger partial charge >= 0.3 is 5.97 Å². The van der Waals surface area contributed by atoms with Crippen LogP contribution >= 0.6 is 11.8 Å². The summed E-state index contributed by atoms with van der Waals surface area (Å²) >= 11 is 0.895. The number of rotatable bonds is 5. The van der Waals surface area contributed by atoms with E-state index in [9.17, 15) is 18.8 Å². The normalized spacial score (nSPS) is 14.7. The van der Waals surface area contributed by atoms with Crippen LogP contribution in [0.4, 0.5) is 9.18 Å². The molecule has 7 heteroatoms. The van der Waals surface area contributed by atoms with E-state index in [0.717, 1.165) is 28.1 Å². The van der Waals surface area contributed by atoms with Crippen LogP contribution in [-0.2, 0) is 11.3 Å². The fourth-order valence-corrected chi connectivity index (χ4v) is 4.53. The summed E-state index contributed by atoms with van der Waals surface area (Å²) in [5.41, 5.74) is 1.79. The molecule has 2 amide bonds. The van der Waals surface area contributed by atoms with Gasteiger partial charge in [-0.25, -0.2) is 9.18 Å². The molecule has 0 atom stereocenters. The fraction of sp³-hybridized carbons (Fsp3) is 0.0357. The Hall–Kier alpha value is -4.23. The van der Waals surface area contributed by atoms with Crippen molar-refractivity contribution >= 4 is 45.7 Å². The molecule has 1 fully saturated rings. The molecular weight excluding hydrogens is 465 g/mol. The molecule has 5 nitrogen and oxygen atoms in total. The van der Waals surface area contributed by atoms with E-state index in [2.05, 4.69) is 0 Å². The van der Waals surface area contributed by atoms with Gasteiger partial charge in [0.1, 0.15) is 11.6 Å². The number of imide groups is 1. The summed E-state index contributed by atoms with van der Waals surface area (Å²) in [5.74, 6) is -1.08. The maximum atomic E-state index is 13.0. The number of hydrogen-bond donors (Lipinski definition) is 0. The van der Waals surface area contributed by atoms with Crippen molar-refractivity contribution in [1.82, 2.24) is 4.90 Å². The Morgan fingerprint density at radius 1 is 0.886 bits per heavy atom. The zero-order valence-corrected chi connectivity index (χ0v) is 19.1. The van der Waals surface area contributed by atoms with E-state index in [1.165, 1.54) is 29.2 Å². The van der Waals surface area contributed by atoms with Gasteiger partial charge in [-0.15, -0.1) is 0 Å². The van der Waals surface area contributed by atoms with Gasteiger partial charge in [-0.3, -0.25) is 14.5 Å². The predicted molar refractivity (Wildman–Crippen MR) is 133 cm³/mol. The SMILES string of the molecule is O=C(Oc1ccc(/C=C2\SC(=O)N(Cc3ccc4ccccc4c3)C2=O)cc1)c1ccc(F)cc1. The van der Waals surface area contributed by atoms with Crippen molar-refractivity contribution in [3.8, 4) is 5.75 Å². The van der Waals surface area contributed by atoms with Crippen LogP contribution in [-0.4, -0.2) is 22.0 Å². The van der Waals surface area contributed by atoms with E-state index in [1.54, 1.807) is 30.3 Å². The molecule has 172 valence electrons. The van der Waals surface area contributed by atoms with Crippen LogP contribution < -0.4 is 4.74 Å². The number of halogens is 1. The average Bonchev–Trinajstić information content (AvgIpc) is 3.12. The molecule has 4 aromatic rings. The Balaban J connectivity index is 1.27. The first-order chi connectivity index (χ1) is 17.0. The summed E-state index contributed by atoms with van der Waals surface area (Å²) in [6, 6.07) is 25.4. The summed E-state index contributed by atoms with van der Waals surface area (Å²) in [6.07, 6.45) is 1.64. The van der Waals surface area contributed by atoms with Gasteiger partial charge in [0.05, 0.1) is 17.0 Å². The van der Waals surface area contributed by atoms with Crippen molar-refractivity contribution in [3.63, 3.8) is 0 Å². The molecule has 4 aromatic carbocycles. The average molecular weight is 484 g/mol. The minimum atomic E-state index is -0.604. The molecule has 5 rings (SSSR count). The van der Waals surface area contributed by atoms with E-state index >= 15 is 0 Å². The molecule has 0 bridgehead atoms. The molecular formula is C28H18FNO4S. The summed E-state index contributed by atoms with van der Waals surface area (Å²) in [4.78, 5) is 39.2. The largest absolute Gasteiger partial charge is 0.423 e. The van der Waals surface area contributed by atoms with Gasteiger partial charge in [0.15, 0.2) is 0 Å². The summed E-state index contributed by atoms with van der Waals surface area (Å²) < 4.78 is 18.3. The third-order valence-corrected chi connectivity index (χ3v) is 6.40. The Bertz CT molecular complexity index is 1480. The lowest BCUT2D eigenvalue weighted by Gasteiger charge is -2.13. The van der Waals surface area contributed by atoms with Gasteiger partial charge in [0.2, 0.25) is 0 Å². The molecule has 0 saturated carbocycles. The molecule has 0 N–H and O–H groups in total. The second kappa shape index (κ2) is 9.56. The van der Waals surface area contributed by atoms with Crippen LogP contribution in [0.25, 0.3) is 16.8 Å². The zero-order valence-electron chi connectivity index (χ0n) is 18.3. The van der Waals surface area contributed by atoms with Gasteiger partial charge in [-0.05, 0) is 82.2 Å². The highest BCUT2D eigenvalue weighted by molar-refractivity contribution is 8.18. The summed E-state index contributed by atoms with van der Waals surface area (Å²) in [7, 11) is 0. The summed E-state index contributed by atoms with van der Waals surface area (Å²) in [6.45, 7) is 0.200. The number of carbonyl (C=O) groups excluding carboxylic acids is 3. The van der Waals surface area contributed by atoms with Crippen molar-refractivity contribution in [3.05, 3.63) is 118 Å². The number of hydrogen-bond acceptors (Lipinski definition) is 5. The van der Waals surface area contributed by atoms with Gasteiger partial charge in [-0.1, -0.05) is 48.5 Å². The van der Waals surface area contributed by atoms with E-state index in [4.69, 9.17) is 4.74 Å². The van der Waals surface area contributed by atoms with Crippen LogP contribution in [0.1, 0.15) is 21.5 Å². The number of ether oxygens (including phenoxy) is 1. The zero-order chi connectivity index (χ0) is 24.4. The highest BCUT2D eigenvalue weighted by atomic mass is 32.2. The molecule has 1 saturated heterocycles. The molecule has 0 spiro atoms. The highest BCUT2D eigenvalue weighted by Crippen LogP contribution is 2.34. The first-order valence-corrected chi connectivity index (χ1v) is 11.6. The van der Waals surface area contributed by atoms with E-state index < -0.39 is 11.8 Å². The number of thioether (sulfide) groups is 1. The van der Waals surface area contributed by atoms with Crippen molar-refractivity contribution in [2.24, 2.45) is 0 Å².